The van der Waals surface area contributed by atoms with Crippen LogP contribution in [0.4, 0.5) is 5.82 Å². The molecule has 0 aliphatic carbocycles. The maximum Gasteiger partial charge on any atom is 0.339 e. The van der Waals surface area contributed by atoms with E-state index in [-0.39, 0.29) is 5.60 Å². The molecule has 0 saturated carbocycles. The van der Waals surface area contributed by atoms with E-state index in [1.807, 2.05) is 62.5 Å². The van der Waals surface area contributed by atoms with Gasteiger partial charge in [0.15, 0.2) is 11.8 Å². The summed E-state index contributed by atoms with van der Waals surface area (Å²) in [6.07, 6.45) is 4.10. The third kappa shape index (κ3) is 7.63. The number of carbonyl (C=O) groups is 1. The van der Waals surface area contributed by atoms with Gasteiger partial charge < -0.3 is 23.8 Å². The van der Waals surface area contributed by atoms with Gasteiger partial charge in [-0.3, -0.25) is 0 Å². The number of hydrogen-bond acceptors (Lipinski definition) is 8. The number of aryl methyl sites for hydroxylation is 2. The predicted octanol–water partition coefficient (Wildman–Crippen LogP) is 7.84. The van der Waals surface area contributed by atoms with Crippen molar-refractivity contribution in [3.05, 3.63) is 90.7 Å². The summed E-state index contributed by atoms with van der Waals surface area (Å²) in [5, 5.41) is 5.15. The molecule has 1 fully saturated rings. The highest BCUT2D eigenvalue weighted by Gasteiger charge is 2.38. The zero-order chi connectivity index (χ0) is 34.6. The Balaban J connectivity index is 1.65. The highest BCUT2D eigenvalue weighted by Crippen LogP contribution is 2.39. The van der Waals surface area contributed by atoms with Crippen LogP contribution < -0.4 is 9.64 Å². The zero-order valence-electron chi connectivity index (χ0n) is 29.3. The molecule has 2 aromatic heterocycles. The van der Waals surface area contributed by atoms with E-state index in [1.54, 1.807) is 12.2 Å². The van der Waals surface area contributed by atoms with Crippen LogP contribution in [0.15, 0.2) is 73.8 Å². The van der Waals surface area contributed by atoms with E-state index < -0.39 is 17.7 Å². The lowest BCUT2D eigenvalue weighted by Crippen LogP contribution is -2.45. The number of nitrogens with zero attached hydrogens (tertiary/aromatic N) is 4. The maximum absolute atomic E-state index is 13.4. The minimum absolute atomic E-state index is 0.282. The van der Waals surface area contributed by atoms with Crippen LogP contribution in [0.3, 0.4) is 0 Å². The second-order valence-corrected chi connectivity index (χ2v) is 13.6. The third-order valence-electron chi connectivity index (χ3n) is 8.58. The van der Waals surface area contributed by atoms with Crippen molar-refractivity contribution in [2.45, 2.75) is 71.7 Å². The number of piperidine rings is 1. The molecule has 3 heterocycles. The number of aromatic nitrogens is 3. The average molecular weight is 653 g/mol. The van der Waals surface area contributed by atoms with Gasteiger partial charge in [-0.25, -0.2) is 9.78 Å². The van der Waals surface area contributed by atoms with E-state index in [0.717, 1.165) is 52.4 Å². The first kappa shape index (κ1) is 34.9. The molecule has 48 heavy (non-hydrogen) atoms. The summed E-state index contributed by atoms with van der Waals surface area (Å²) in [6.45, 7) is 21.8. The summed E-state index contributed by atoms with van der Waals surface area (Å²) in [5.74, 6) is 1.07. The van der Waals surface area contributed by atoms with Gasteiger partial charge in [-0.1, -0.05) is 48.6 Å². The fourth-order valence-corrected chi connectivity index (χ4v) is 6.14. The summed E-state index contributed by atoms with van der Waals surface area (Å²) < 4.78 is 25.7. The van der Waals surface area contributed by atoms with Gasteiger partial charge in [0, 0.05) is 36.0 Å². The molecule has 1 aliphatic rings. The Bertz CT molecular complexity index is 1800. The number of anilines is 1. The average Bonchev–Trinajstić information content (AvgIpc) is 3.49. The molecule has 254 valence electrons. The van der Waals surface area contributed by atoms with E-state index in [9.17, 15) is 4.79 Å². The molecule has 1 atom stereocenters. The molecular weight excluding hydrogens is 604 g/mol. The Morgan fingerprint density at radius 3 is 2.40 bits per heavy atom. The van der Waals surface area contributed by atoms with Crippen LogP contribution in [0.25, 0.3) is 28.0 Å². The Kier molecular flexibility index (Phi) is 10.4. The Hall–Kier alpha value is -4.47. The van der Waals surface area contributed by atoms with Gasteiger partial charge in [0.1, 0.15) is 18.2 Å². The molecule has 0 unspecified atom stereocenters. The van der Waals surface area contributed by atoms with E-state index in [4.69, 9.17) is 29.0 Å². The van der Waals surface area contributed by atoms with Crippen LogP contribution in [0, 0.1) is 13.8 Å². The number of fused-ring (bicyclic) bond motifs is 1. The second kappa shape index (κ2) is 14.3. The summed E-state index contributed by atoms with van der Waals surface area (Å²) >= 11 is 0. The first-order valence-corrected chi connectivity index (χ1v) is 16.5. The second-order valence-electron chi connectivity index (χ2n) is 13.6. The van der Waals surface area contributed by atoms with Crippen molar-refractivity contribution >= 4 is 17.4 Å². The molecule has 1 saturated heterocycles. The van der Waals surface area contributed by atoms with Gasteiger partial charge in [-0.2, -0.15) is 9.61 Å². The molecule has 0 amide bonds. The smallest absolute Gasteiger partial charge is 0.339 e. The highest BCUT2D eigenvalue weighted by molar-refractivity contribution is 5.81. The SMILES string of the molecule is C=CCOc1ccc(C)cc1-c1cccc(-c2cc3nc(C)c([C@H](OC(C)(C)C)C(=O)OC)c(N4CCC(C)(OCC=C)CC4)n3n2)c1. The van der Waals surface area contributed by atoms with Crippen LogP contribution >= 0.6 is 0 Å². The molecule has 9 heteroatoms. The van der Waals surface area contributed by atoms with E-state index in [1.165, 1.54) is 7.11 Å². The lowest BCUT2D eigenvalue weighted by Gasteiger charge is -2.41. The summed E-state index contributed by atoms with van der Waals surface area (Å²) in [6, 6.07) is 16.4. The van der Waals surface area contributed by atoms with Gasteiger partial charge >= 0.3 is 5.97 Å². The van der Waals surface area contributed by atoms with Crippen molar-refractivity contribution in [2.24, 2.45) is 0 Å². The van der Waals surface area contributed by atoms with E-state index in [0.29, 0.717) is 43.2 Å². The quantitative estimate of drug-likeness (QED) is 0.113. The van der Waals surface area contributed by atoms with Crippen molar-refractivity contribution in [1.82, 2.24) is 14.6 Å². The van der Waals surface area contributed by atoms with Gasteiger partial charge in [0.05, 0.1) is 36.2 Å². The molecule has 2 aromatic carbocycles. The van der Waals surface area contributed by atoms with Crippen LogP contribution in [0.2, 0.25) is 0 Å². The Morgan fingerprint density at radius 2 is 1.73 bits per heavy atom. The number of rotatable bonds is 12. The Morgan fingerprint density at radius 1 is 1.02 bits per heavy atom. The molecule has 1 aliphatic heterocycles. The number of methoxy groups -OCH3 is 1. The molecule has 0 N–H and O–H groups in total. The van der Waals surface area contributed by atoms with Crippen molar-refractivity contribution < 1.29 is 23.7 Å². The Labute approximate surface area is 284 Å². The number of esters is 1. The van der Waals surface area contributed by atoms with Gasteiger partial charge in [0.25, 0.3) is 0 Å². The molecule has 0 spiro atoms. The lowest BCUT2D eigenvalue weighted by atomic mass is 9.92. The van der Waals surface area contributed by atoms with Crippen LogP contribution in [-0.2, 0) is 19.0 Å². The van der Waals surface area contributed by atoms with Gasteiger partial charge in [-0.05, 0) is 78.1 Å². The van der Waals surface area contributed by atoms with Gasteiger partial charge in [-0.15, -0.1) is 6.58 Å². The number of ether oxygens (including phenoxy) is 4. The van der Waals surface area contributed by atoms with Crippen molar-refractivity contribution in [1.29, 1.82) is 0 Å². The number of benzene rings is 2. The van der Waals surface area contributed by atoms with Crippen LogP contribution in [0.1, 0.15) is 63.5 Å². The largest absolute Gasteiger partial charge is 0.489 e. The predicted molar refractivity (Wildman–Crippen MR) is 191 cm³/mol. The molecule has 5 rings (SSSR count). The first-order chi connectivity index (χ1) is 22.9. The standard InChI is InChI=1S/C39H48N4O5/c1-10-21-46-32-16-15-26(3)23-30(32)28-13-12-14-29(24-28)31-25-33-40-27(4)34(35(37(44)45-9)48-38(5,6)7)36(43(33)41-31)42-19-17-39(8,18-20-42)47-22-11-2/h10-16,23-25,35H,1-2,17-22H2,3-9H3/t35-/m0/s1. The molecule has 9 nitrogen and oxygen atoms in total. The minimum Gasteiger partial charge on any atom is -0.489 e. The molecular formula is C39H48N4O5. The first-order valence-electron chi connectivity index (χ1n) is 16.5. The summed E-state index contributed by atoms with van der Waals surface area (Å²) in [4.78, 5) is 20.6. The summed E-state index contributed by atoms with van der Waals surface area (Å²) in [7, 11) is 1.38. The topological polar surface area (TPSA) is 87.4 Å². The molecule has 4 aromatic rings. The van der Waals surface area contributed by atoms with Crippen LogP contribution in [-0.4, -0.2) is 65.2 Å². The maximum atomic E-state index is 13.4. The van der Waals surface area contributed by atoms with Crippen molar-refractivity contribution in [3.8, 4) is 28.1 Å². The zero-order valence-corrected chi connectivity index (χ0v) is 29.3. The minimum atomic E-state index is -1.00. The van der Waals surface area contributed by atoms with Crippen molar-refractivity contribution in [2.75, 3.05) is 38.3 Å². The monoisotopic (exact) mass is 652 g/mol. The van der Waals surface area contributed by atoms with E-state index >= 15 is 0 Å². The normalized spacial score (nSPS) is 15.3. The fourth-order valence-electron chi connectivity index (χ4n) is 6.14. The number of carbonyl (C=O) groups excluding carboxylic acids is 1. The fraction of sp³-hybridized carbons (Fsp3) is 0.410. The third-order valence-corrected chi connectivity index (χ3v) is 8.58. The molecule has 0 bridgehead atoms. The highest BCUT2D eigenvalue weighted by atomic mass is 16.6. The van der Waals surface area contributed by atoms with E-state index in [2.05, 4.69) is 50.1 Å². The van der Waals surface area contributed by atoms with Crippen LogP contribution in [0.5, 0.6) is 5.75 Å². The summed E-state index contributed by atoms with van der Waals surface area (Å²) in [5.41, 5.74) is 5.91. The van der Waals surface area contributed by atoms with Crippen molar-refractivity contribution in [3.63, 3.8) is 0 Å². The molecule has 0 radical (unpaired) electrons. The van der Waals surface area contributed by atoms with Gasteiger partial charge in [0.2, 0.25) is 0 Å². The lowest BCUT2D eigenvalue weighted by molar-refractivity contribution is -0.164. The number of hydrogen-bond donors (Lipinski definition) is 0.